The van der Waals surface area contributed by atoms with E-state index >= 15 is 0 Å². The zero-order chi connectivity index (χ0) is 28.8. The van der Waals surface area contributed by atoms with Crippen LogP contribution in [0.1, 0.15) is 72.4 Å². The topological polar surface area (TPSA) is 96.9 Å². The second kappa shape index (κ2) is 12.4. The number of para-hydroxylation sites is 1. The van der Waals surface area contributed by atoms with E-state index in [4.69, 9.17) is 9.73 Å². The Morgan fingerprint density at radius 1 is 1.05 bits per heavy atom. The van der Waals surface area contributed by atoms with Gasteiger partial charge in [-0.25, -0.2) is 4.99 Å². The highest BCUT2D eigenvalue weighted by atomic mass is 16.6. The van der Waals surface area contributed by atoms with Crippen molar-refractivity contribution < 1.29 is 19.1 Å². The number of benzene rings is 2. The van der Waals surface area contributed by atoms with Crippen LogP contribution < -0.4 is 10.6 Å². The predicted molar refractivity (Wildman–Crippen MR) is 155 cm³/mol. The average Bonchev–Trinajstić information content (AvgIpc) is 3.01. The second-order valence-corrected chi connectivity index (χ2v) is 11.7. The fourth-order valence-corrected chi connectivity index (χ4v) is 4.67. The van der Waals surface area contributed by atoms with Crippen molar-refractivity contribution in [1.82, 2.24) is 5.32 Å². The van der Waals surface area contributed by atoms with Crippen LogP contribution in [-0.4, -0.2) is 35.3 Å². The van der Waals surface area contributed by atoms with E-state index in [9.17, 15) is 14.4 Å². The van der Waals surface area contributed by atoms with Crippen molar-refractivity contribution in [1.29, 1.82) is 0 Å². The summed E-state index contributed by atoms with van der Waals surface area (Å²) in [6, 6.07) is 17.0. The van der Waals surface area contributed by atoms with Gasteiger partial charge >= 0.3 is 5.97 Å². The summed E-state index contributed by atoms with van der Waals surface area (Å²) < 4.78 is 5.80. The molecule has 2 amide bonds. The van der Waals surface area contributed by atoms with Gasteiger partial charge in [0, 0.05) is 11.1 Å². The Kier molecular flexibility index (Phi) is 9.49. The summed E-state index contributed by atoms with van der Waals surface area (Å²) in [6.07, 6.45) is 3.32. The lowest BCUT2D eigenvalue weighted by molar-refractivity contribution is -0.172. The number of benzodiazepines with no additional fused rings is 1. The maximum Gasteiger partial charge on any atom is 0.313 e. The number of aliphatic imine (C=N–C) groups is 1. The van der Waals surface area contributed by atoms with Gasteiger partial charge in [0.05, 0.1) is 22.7 Å². The summed E-state index contributed by atoms with van der Waals surface area (Å²) in [5.41, 5.74) is 0.941. The molecule has 0 aliphatic carbocycles. The van der Waals surface area contributed by atoms with E-state index in [-0.39, 0.29) is 5.92 Å². The van der Waals surface area contributed by atoms with Crippen LogP contribution >= 0.6 is 0 Å². The van der Waals surface area contributed by atoms with Gasteiger partial charge in [0.15, 0.2) is 0 Å². The normalized spacial score (nSPS) is 17.9. The summed E-state index contributed by atoms with van der Waals surface area (Å²) >= 11 is 0. The fraction of sp³-hybridized carbons (Fsp3) is 0.438. The third-order valence-corrected chi connectivity index (χ3v) is 6.71. The lowest BCUT2D eigenvalue weighted by Crippen LogP contribution is -2.51. The standard InChI is InChI=1S/C32H41N3O4/c1-8-9-19-32(7,30(38)39-31(4,5)6)24(20-21(2)3)28(36)35-27-29(37)33-25-18-14-13-17-23(25)26(34-27)22-15-11-10-12-16-22/h8-18,21,24,27H,19-20H2,1-7H3,(H,33,37)(H,35,36)/b9-8-/t24-,27?,32+/m0/s1. The molecular formula is C32H41N3O4. The van der Waals surface area contributed by atoms with E-state index in [2.05, 4.69) is 10.6 Å². The maximum absolute atomic E-state index is 14.0. The first-order valence-electron chi connectivity index (χ1n) is 13.5. The molecule has 0 bridgehead atoms. The third kappa shape index (κ3) is 7.43. The van der Waals surface area contributed by atoms with E-state index in [0.717, 1.165) is 11.1 Å². The van der Waals surface area contributed by atoms with Crippen LogP contribution in [0, 0.1) is 17.3 Å². The van der Waals surface area contributed by atoms with Gasteiger partial charge in [-0.05, 0) is 59.4 Å². The van der Waals surface area contributed by atoms with E-state index in [1.165, 1.54) is 0 Å². The molecule has 2 aromatic carbocycles. The van der Waals surface area contributed by atoms with Gasteiger partial charge in [-0.3, -0.25) is 14.4 Å². The van der Waals surface area contributed by atoms with Crippen molar-refractivity contribution in [3.05, 3.63) is 77.9 Å². The monoisotopic (exact) mass is 531 g/mol. The van der Waals surface area contributed by atoms with Gasteiger partial charge in [-0.15, -0.1) is 0 Å². The number of hydrogen-bond acceptors (Lipinski definition) is 5. The largest absolute Gasteiger partial charge is 0.460 e. The maximum atomic E-state index is 14.0. The Morgan fingerprint density at radius 3 is 2.31 bits per heavy atom. The summed E-state index contributed by atoms with van der Waals surface area (Å²) in [7, 11) is 0. The van der Waals surface area contributed by atoms with Gasteiger partial charge in [0.25, 0.3) is 5.91 Å². The SMILES string of the molecule is C/C=C\C[C@@](C)(C(=O)OC(C)(C)C)[C@@H](CC(C)C)C(=O)NC1N=C(c2ccccc2)c2ccccc2NC1=O. The van der Waals surface area contributed by atoms with Gasteiger partial charge < -0.3 is 15.4 Å². The van der Waals surface area contributed by atoms with Crippen molar-refractivity contribution in [2.24, 2.45) is 22.2 Å². The molecule has 7 heteroatoms. The first-order valence-corrected chi connectivity index (χ1v) is 13.5. The van der Waals surface area contributed by atoms with Crippen molar-refractivity contribution in [3.63, 3.8) is 0 Å². The number of rotatable bonds is 9. The molecule has 3 atom stereocenters. The highest BCUT2D eigenvalue weighted by Crippen LogP contribution is 2.39. The number of nitrogens with zero attached hydrogens (tertiary/aromatic N) is 1. The van der Waals surface area contributed by atoms with Crippen LogP contribution in [-0.2, 0) is 19.1 Å². The lowest BCUT2D eigenvalue weighted by atomic mass is 9.70. The molecule has 1 aliphatic rings. The Hall–Kier alpha value is -3.74. The third-order valence-electron chi connectivity index (χ3n) is 6.71. The summed E-state index contributed by atoms with van der Waals surface area (Å²) in [4.78, 5) is 45.7. The fourth-order valence-electron chi connectivity index (χ4n) is 4.67. The van der Waals surface area contributed by atoms with Crippen molar-refractivity contribution in [2.45, 2.75) is 73.1 Å². The number of fused-ring (bicyclic) bond motifs is 1. The van der Waals surface area contributed by atoms with Crippen molar-refractivity contribution in [2.75, 3.05) is 5.32 Å². The molecule has 7 nitrogen and oxygen atoms in total. The molecule has 2 N–H and O–H groups in total. The highest BCUT2D eigenvalue weighted by Gasteiger charge is 2.47. The van der Waals surface area contributed by atoms with Crippen molar-refractivity contribution >= 4 is 29.2 Å². The number of esters is 1. The van der Waals surface area contributed by atoms with Gasteiger partial charge in [0.1, 0.15) is 5.60 Å². The van der Waals surface area contributed by atoms with Gasteiger partial charge in [-0.1, -0.05) is 74.5 Å². The Bertz CT molecular complexity index is 1240. The minimum Gasteiger partial charge on any atom is -0.460 e. The second-order valence-electron chi connectivity index (χ2n) is 11.7. The van der Waals surface area contributed by atoms with E-state index in [1.54, 1.807) is 6.92 Å². The molecule has 0 saturated heterocycles. The minimum atomic E-state index is -1.18. The first kappa shape index (κ1) is 29.8. The molecule has 1 unspecified atom stereocenters. The molecule has 1 aliphatic heterocycles. The minimum absolute atomic E-state index is 0.115. The number of anilines is 1. The lowest BCUT2D eigenvalue weighted by Gasteiger charge is -2.37. The summed E-state index contributed by atoms with van der Waals surface area (Å²) in [5, 5.41) is 5.79. The molecule has 0 aromatic heterocycles. The van der Waals surface area contributed by atoms with Gasteiger partial charge in [0.2, 0.25) is 12.1 Å². The number of amides is 2. The molecule has 0 radical (unpaired) electrons. The average molecular weight is 532 g/mol. The molecule has 0 saturated carbocycles. The number of carbonyl (C=O) groups is 3. The molecule has 2 aromatic rings. The molecule has 0 fully saturated rings. The van der Waals surface area contributed by atoms with Crippen LogP contribution in [0.5, 0.6) is 0 Å². The highest BCUT2D eigenvalue weighted by molar-refractivity contribution is 6.19. The Morgan fingerprint density at radius 2 is 1.69 bits per heavy atom. The Balaban J connectivity index is 2.04. The molecule has 0 spiro atoms. The number of allylic oxidation sites excluding steroid dienone is 2. The number of hydrogen-bond donors (Lipinski definition) is 2. The molecule has 39 heavy (non-hydrogen) atoms. The smallest absolute Gasteiger partial charge is 0.313 e. The quantitative estimate of drug-likeness (QED) is 0.311. The summed E-state index contributed by atoms with van der Waals surface area (Å²) in [5.74, 6) is -1.94. The van der Waals surface area contributed by atoms with Crippen LogP contribution in [0.15, 0.2) is 71.7 Å². The van der Waals surface area contributed by atoms with Crippen LogP contribution in [0.25, 0.3) is 0 Å². The Labute approximate surface area is 232 Å². The van der Waals surface area contributed by atoms with E-state index in [1.807, 2.05) is 108 Å². The zero-order valence-corrected chi connectivity index (χ0v) is 24.1. The molecule has 3 rings (SSSR count). The van der Waals surface area contributed by atoms with Crippen LogP contribution in [0.2, 0.25) is 0 Å². The predicted octanol–water partition coefficient (Wildman–Crippen LogP) is 5.89. The van der Waals surface area contributed by atoms with E-state index in [0.29, 0.717) is 24.2 Å². The van der Waals surface area contributed by atoms with E-state index < -0.39 is 40.9 Å². The number of nitrogens with one attached hydrogen (secondary N) is 2. The number of carbonyl (C=O) groups excluding carboxylic acids is 3. The van der Waals surface area contributed by atoms with Crippen LogP contribution in [0.4, 0.5) is 5.69 Å². The van der Waals surface area contributed by atoms with Crippen molar-refractivity contribution in [3.8, 4) is 0 Å². The zero-order valence-electron chi connectivity index (χ0n) is 24.1. The molecule has 208 valence electrons. The number of ether oxygens (including phenoxy) is 1. The first-order chi connectivity index (χ1) is 18.4. The summed E-state index contributed by atoms with van der Waals surface area (Å²) in [6.45, 7) is 13.1. The van der Waals surface area contributed by atoms with Gasteiger partial charge in [-0.2, -0.15) is 0 Å². The molecule has 1 heterocycles. The van der Waals surface area contributed by atoms with Crippen LogP contribution in [0.3, 0.4) is 0 Å². The molecular weight excluding hydrogens is 490 g/mol.